The van der Waals surface area contributed by atoms with Gasteiger partial charge in [0.25, 0.3) is 11.6 Å². The number of anilines is 1. The summed E-state index contributed by atoms with van der Waals surface area (Å²) in [5.41, 5.74) is 1.57. The number of ether oxygens (including phenoxy) is 1. The van der Waals surface area contributed by atoms with E-state index in [9.17, 15) is 23.7 Å². The van der Waals surface area contributed by atoms with Crippen LogP contribution < -0.4 is 10.1 Å². The zero-order chi connectivity index (χ0) is 22.1. The van der Waals surface area contributed by atoms with Crippen molar-refractivity contribution in [3.8, 4) is 17.0 Å². The van der Waals surface area contributed by atoms with Crippen molar-refractivity contribution in [2.24, 2.45) is 0 Å². The highest BCUT2D eigenvalue weighted by atomic mass is 32.1. The number of benzene rings is 2. The van der Waals surface area contributed by atoms with Gasteiger partial charge in [0.1, 0.15) is 5.75 Å². The molecule has 2 aromatic carbocycles. The van der Waals surface area contributed by atoms with Crippen LogP contribution in [0, 0.1) is 17.0 Å². The number of nitro benzene ring substituents is 1. The summed E-state index contributed by atoms with van der Waals surface area (Å²) in [5, 5.41) is 20.9. The zero-order valence-electron chi connectivity index (χ0n) is 15.8. The summed E-state index contributed by atoms with van der Waals surface area (Å²) < 4.78 is 28.9. The Labute approximate surface area is 176 Å². The number of alkyl halides is 2. The molecule has 12 heteroatoms. The van der Waals surface area contributed by atoms with Gasteiger partial charge in [-0.1, -0.05) is 0 Å². The highest BCUT2D eigenvalue weighted by molar-refractivity contribution is 7.16. The van der Waals surface area contributed by atoms with Crippen LogP contribution in [-0.4, -0.2) is 32.6 Å². The number of non-ortho nitro benzene ring substituents is 1. The molecule has 0 saturated carbocycles. The summed E-state index contributed by atoms with van der Waals surface area (Å²) >= 11 is 1.22. The number of aromatic amines is 1. The fourth-order valence-corrected chi connectivity index (χ4v) is 3.79. The molecule has 0 aliphatic carbocycles. The van der Waals surface area contributed by atoms with Gasteiger partial charge in [0, 0.05) is 28.0 Å². The largest absolute Gasteiger partial charge is 0.435 e. The number of fused-ring (bicyclic) bond motifs is 1. The molecule has 158 valence electrons. The fourth-order valence-electron chi connectivity index (χ4n) is 2.96. The number of aromatic nitrogens is 3. The lowest BCUT2D eigenvalue weighted by Gasteiger charge is -2.05. The van der Waals surface area contributed by atoms with E-state index in [-0.39, 0.29) is 17.1 Å². The minimum Gasteiger partial charge on any atom is -0.435 e. The first-order valence-electron chi connectivity index (χ1n) is 8.78. The molecule has 0 atom stereocenters. The summed E-state index contributed by atoms with van der Waals surface area (Å²) in [7, 11) is 0. The monoisotopic (exact) mass is 445 g/mol. The lowest BCUT2D eigenvalue weighted by Crippen LogP contribution is -2.12. The number of rotatable bonds is 6. The summed E-state index contributed by atoms with van der Waals surface area (Å²) in [6, 6.07) is 10.1. The van der Waals surface area contributed by atoms with Crippen LogP contribution in [0.4, 0.5) is 19.6 Å². The molecule has 0 aliphatic rings. The van der Waals surface area contributed by atoms with Gasteiger partial charge in [0.2, 0.25) is 0 Å². The normalized spacial score (nSPS) is 11.1. The number of nitro groups is 1. The Bertz CT molecular complexity index is 1290. The summed E-state index contributed by atoms with van der Waals surface area (Å²) in [6.45, 7) is -1.10. The van der Waals surface area contributed by atoms with Gasteiger partial charge in [-0.15, -0.1) is 11.3 Å². The number of carbonyl (C=O) groups is 1. The number of carbonyl (C=O) groups excluding carboxylic acids is 1. The van der Waals surface area contributed by atoms with Crippen molar-refractivity contribution in [1.82, 2.24) is 15.2 Å². The van der Waals surface area contributed by atoms with Crippen molar-refractivity contribution < 1.29 is 23.2 Å². The molecule has 0 radical (unpaired) electrons. The standard InChI is InChI=1S/C19H13F2N5O4S/c1-9-15(10-2-5-12(6-3-10)30-18(20)21)22-19(31-9)23-17(27)16-13-8-11(26(28)29)4-7-14(13)24-25-16/h2-8,18H,1H3,(H,24,25)(H,22,23,27). The van der Waals surface area contributed by atoms with E-state index in [1.54, 1.807) is 19.1 Å². The van der Waals surface area contributed by atoms with Crippen molar-refractivity contribution >= 4 is 39.0 Å². The lowest BCUT2D eigenvalue weighted by atomic mass is 10.1. The minimum atomic E-state index is -2.91. The predicted octanol–water partition coefficient (Wildman–Crippen LogP) is 4.76. The summed E-state index contributed by atoms with van der Waals surface area (Å²) in [6.07, 6.45) is 0. The smallest absolute Gasteiger partial charge is 0.387 e. The molecule has 0 unspecified atom stereocenters. The average Bonchev–Trinajstić information content (AvgIpc) is 3.30. The molecule has 2 N–H and O–H groups in total. The topological polar surface area (TPSA) is 123 Å². The van der Waals surface area contributed by atoms with E-state index < -0.39 is 17.4 Å². The molecule has 0 spiro atoms. The molecule has 4 rings (SSSR count). The van der Waals surface area contributed by atoms with Crippen molar-refractivity contribution in [3.05, 3.63) is 63.1 Å². The van der Waals surface area contributed by atoms with Gasteiger partial charge < -0.3 is 4.74 Å². The van der Waals surface area contributed by atoms with E-state index in [0.717, 1.165) is 4.88 Å². The Balaban J connectivity index is 1.57. The third-order valence-corrected chi connectivity index (χ3v) is 5.23. The number of nitrogens with one attached hydrogen (secondary N) is 2. The Morgan fingerprint density at radius 1 is 1.26 bits per heavy atom. The predicted molar refractivity (Wildman–Crippen MR) is 110 cm³/mol. The van der Waals surface area contributed by atoms with E-state index in [0.29, 0.717) is 27.3 Å². The SMILES string of the molecule is Cc1sc(NC(=O)c2n[nH]c3ccc([N+](=O)[O-])cc23)nc1-c1ccc(OC(F)F)cc1. The summed E-state index contributed by atoms with van der Waals surface area (Å²) in [5.74, 6) is -0.549. The van der Waals surface area contributed by atoms with Crippen LogP contribution in [0.5, 0.6) is 5.75 Å². The van der Waals surface area contributed by atoms with E-state index in [2.05, 4.69) is 25.2 Å². The number of hydrogen-bond acceptors (Lipinski definition) is 7. The Morgan fingerprint density at radius 2 is 2.00 bits per heavy atom. The fraction of sp³-hybridized carbons (Fsp3) is 0.105. The molecule has 0 bridgehead atoms. The highest BCUT2D eigenvalue weighted by Gasteiger charge is 2.19. The van der Waals surface area contributed by atoms with Gasteiger partial charge in [-0.2, -0.15) is 13.9 Å². The number of halogens is 2. The first-order chi connectivity index (χ1) is 14.8. The van der Waals surface area contributed by atoms with E-state index in [1.165, 1.54) is 41.7 Å². The van der Waals surface area contributed by atoms with Crippen molar-refractivity contribution in [2.45, 2.75) is 13.5 Å². The number of thiazole rings is 1. The van der Waals surface area contributed by atoms with Crippen LogP contribution in [0.25, 0.3) is 22.2 Å². The molecule has 0 saturated heterocycles. The van der Waals surface area contributed by atoms with Crippen molar-refractivity contribution in [1.29, 1.82) is 0 Å². The maximum atomic E-state index is 12.7. The quantitative estimate of drug-likeness (QED) is 0.326. The molecule has 0 fully saturated rings. The van der Waals surface area contributed by atoms with Gasteiger partial charge >= 0.3 is 6.61 Å². The second kappa shape index (κ2) is 8.07. The molecule has 0 aliphatic heterocycles. The molecular formula is C19H13F2N5O4S. The van der Waals surface area contributed by atoms with Gasteiger partial charge in [-0.3, -0.25) is 25.3 Å². The second-order valence-electron chi connectivity index (χ2n) is 6.34. The number of nitrogens with zero attached hydrogens (tertiary/aromatic N) is 3. The highest BCUT2D eigenvalue weighted by Crippen LogP contribution is 2.32. The van der Waals surface area contributed by atoms with E-state index >= 15 is 0 Å². The third-order valence-electron chi connectivity index (χ3n) is 4.34. The van der Waals surface area contributed by atoms with Gasteiger partial charge in [0.15, 0.2) is 10.8 Å². The molecule has 4 aromatic rings. The molecule has 2 aromatic heterocycles. The number of H-pyrrole nitrogens is 1. The molecule has 9 nitrogen and oxygen atoms in total. The first-order valence-corrected chi connectivity index (χ1v) is 9.60. The molecule has 31 heavy (non-hydrogen) atoms. The Kier molecular flexibility index (Phi) is 5.29. The third kappa shape index (κ3) is 4.19. The van der Waals surface area contributed by atoms with Crippen LogP contribution in [0.2, 0.25) is 0 Å². The van der Waals surface area contributed by atoms with Crippen LogP contribution in [0.1, 0.15) is 15.4 Å². The van der Waals surface area contributed by atoms with Crippen LogP contribution in [0.15, 0.2) is 42.5 Å². The maximum Gasteiger partial charge on any atom is 0.387 e. The molecular weight excluding hydrogens is 432 g/mol. The van der Waals surface area contributed by atoms with E-state index in [1.807, 2.05) is 0 Å². The van der Waals surface area contributed by atoms with Crippen molar-refractivity contribution in [2.75, 3.05) is 5.32 Å². The van der Waals surface area contributed by atoms with Gasteiger partial charge in [-0.25, -0.2) is 4.98 Å². The van der Waals surface area contributed by atoms with E-state index in [4.69, 9.17) is 0 Å². The minimum absolute atomic E-state index is 0.00148. The van der Waals surface area contributed by atoms with Crippen LogP contribution >= 0.6 is 11.3 Å². The zero-order valence-corrected chi connectivity index (χ0v) is 16.6. The summed E-state index contributed by atoms with van der Waals surface area (Å²) in [4.78, 5) is 28.3. The Morgan fingerprint density at radius 3 is 2.68 bits per heavy atom. The Hall–Kier alpha value is -3.93. The first kappa shape index (κ1) is 20.3. The average molecular weight is 445 g/mol. The number of hydrogen-bond donors (Lipinski definition) is 2. The maximum absolute atomic E-state index is 12.7. The van der Waals surface area contributed by atoms with Crippen LogP contribution in [0.3, 0.4) is 0 Å². The lowest BCUT2D eigenvalue weighted by molar-refractivity contribution is -0.384. The number of amides is 1. The number of aryl methyl sites for hydroxylation is 1. The molecule has 2 heterocycles. The van der Waals surface area contributed by atoms with Gasteiger partial charge in [0.05, 0.1) is 16.1 Å². The van der Waals surface area contributed by atoms with Crippen molar-refractivity contribution in [3.63, 3.8) is 0 Å². The molecule has 1 amide bonds. The van der Waals surface area contributed by atoms with Gasteiger partial charge in [-0.05, 0) is 37.3 Å². The second-order valence-corrected chi connectivity index (χ2v) is 7.54. The van der Waals surface area contributed by atoms with Crippen LogP contribution in [-0.2, 0) is 0 Å².